The summed E-state index contributed by atoms with van der Waals surface area (Å²) in [5.74, 6) is -0.282. The van der Waals surface area contributed by atoms with E-state index in [0.717, 1.165) is 35.1 Å². The van der Waals surface area contributed by atoms with Crippen LogP contribution in [0.3, 0.4) is 0 Å². The molecule has 1 aromatic heterocycles. The van der Waals surface area contributed by atoms with Crippen molar-refractivity contribution in [2.45, 2.75) is 58.4 Å². The largest absolute Gasteiger partial charge is 0.465 e. The number of aromatic nitrogens is 2. The first-order valence-corrected chi connectivity index (χ1v) is 16.2. The van der Waals surface area contributed by atoms with Crippen molar-refractivity contribution in [1.29, 1.82) is 0 Å². The van der Waals surface area contributed by atoms with Crippen LogP contribution in [0.4, 0.5) is 24.9 Å². The molecule has 0 bridgehead atoms. The molecular weight excluding hydrogens is 619 g/mol. The molecule has 48 heavy (non-hydrogen) atoms. The van der Waals surface area contributed by atoms with Crippen LogP contribution in [0.2, 0.25) is 0 Å². The maximum atomic E-state index is 14.9. The highest BCUT2D eigenvalue weighted by molar-refractivity contribution is 5.77. The number of nitrogen functional groups attached to an aromatic ring is 1. The number of carbonyl (C=O) groups is 1. The molecule has 1 spiro atoms. The van der Waals surface area contributed by atoms with E-state index in [1.165, 1.54) is 12.1 Å². The number of ether oxygens (including phenoxy) is 2. The van der Waals surface area contributed by atoms with E-state index in [9.17, 15) is 18.0 Å². The van der Waals surface area contributed by atoms with Crippen molar-refractivity contribution >= 4 is 17.7 Å². The fourth-order valence-corrected chi connectivity index (χ4v) is 6.75. The number of hydrogen-bond acceptors (Lipinski definition) is 8. The lowest BCUT2D eigenvalue weighted by Crippen LogP contribution is -2.41. The lowest BCUT2D eigenvalue weighted by molar-refractivity contribution is -0.198. The predicted molar refractivity (Wildman–Crippen MR) is 180 cm³/mol. The molecule has 8 nitrogen and oxygen atoms in total. The second kappa shape index (κ2) is 13.5. The number of rotatable bonds is 8. The Morgan fingerprint density at radius 3 is 2.38 bits per heavy atom. The summed E-state index contributed by atoms with van der Waals surface area (Å²) < 4.78 is 55.7. The molecule has 3 aromatic carbocycles. The molecule has 6 rings (SSSR count). The number of nitrogens with one attached hydrogen (secondary N) is 1. The van der Waals surface area contributed by atoms with Gasteiger partial charge in [0.25, 0.3) is 0 Å². The standard InChI is InChI=1S/C37H40F3N5O3/c1-4-47-34(46)30-21-36(22-42-30)14-16-45(17-15-36)31-20-32(44-35(41)43-31)48-33(37(38,39)40)28-13-12-27(26-11-10-23(2)24(3)18-26)19-29(28)25-8-6-5-7-9-25/h5-13,18-20,30,33,42H,4,14-17,21-22H2,1-3H3,(H2,41,43,44)/t30-,33+/m0/s1. The number of nitrogens with two attached hydrogens (primary N) is 1. The van der Waals surface area contributed by atoms with Gasteiger partial charge >= 0.3 is 12.1 Å². The van der Waals surface area contributed by atoms with Gasteiger partial charge in [0.05, 0.1) is 6.61 Å². The van der Waals surface area contributed by atoms with Crippen molar-refractivity contribution < 1.29 is 27.4 Å². The third kappa shape index (κ3) is 7.11. The number of anilines is 2. The third-order valence-corrected chi connectivity index (χ3v) is 9.58. The number of halogens is 3. The summed E-state index contributed by atoms with van der Waals surface area (Å²) >= 11 is 0. The summed E-state index contributed by atoms with van der Waals surface area (Å²) in [6.45, 7) is 8.03. The van der Waals surface area contributed by atoms with E-state index < -0.39 is 12.3 Å². The lowest BCUT2D eigenvalue weighted by Gasteiger charge is -2.39. The van der Waals surface area contributed by atoms with E-state index in [1.54, 1.807) is 43.3 Å². The molecule has 4 aromatic rings. The smallest absolute Gasteiger partial charge is 0.429 e. The minimum atomic E-state index is -4.77. The molecule has 252 valence electrons. The highest BCUT2D eigenvalue weighted by Gasteiger charge is 2.46. The maximum Gasteiger partial charge on any atom is 0.429 e. The monoisotopic (exact) mass is 659 g/mol. The Labute approximate surface area is 278 Å². The maximum absolute atomic E-state index is 14.9. The van der Waals surface area contributed by atoms with Crippen molar-refractivity contribution in [2.24, 2.45) is 5.41 Å². The van der Waals surface area contributed by atoms with Crippen molar-refractivity contribution in [2.75, 3.05) is 36.9 Å². The first-order valence-electron chi connectivity index (χ1n) is 16.2. The zero-order valence-corrected chi connectivity index (χ0v) is 27.3. The van der Waals surface area contributed by atoms with E-state index in [0.29, 0.717) is 49.6 Å². The molecule has 2 aliphatic heterocycles. The Bertz CT molecular complexity index is 1770. The number of piperidine rings is 1. The molecular formula is C37H40F3N5O3. The third-order valence-electron chi connectivity index (χ3n) is 9.58. The first kappa shape index (κ1) is 33.3. The zero-order valence-electron chi connectivity index (χ0n) is 27.3. The normalized spacial score (nSPS) is 18.1. The van der Waals surface area contributed by atoms with Gasteiger partial charge in [-0.05, 0) is 84.9 Å². The molecule has 0 radical (unpaired) electrons. The van der Waals surface area contributed by atoms with Crippen molar-refractivity contribution in [3.63, 3.8) is 0 Å². The number of hydrogen-bond donors (Lipinski definition) is 2. The highest BCUT2D eigenvalue weighted by Crippen LogP contribution is 2.44. The van der Waals surface area contributed by atoms with Crippen molar-refractivity contribution in [3.8, 4) is 28.1 Å². The fourth-order valence-electron chi connectivity index (χ4n) is 6.75. The average Bonchev–Trinajstić information content (AvgIpc) is 3.48. The number of alkyl halides is 3. The Morgan fingerprint density at radius 1 is 0.979 bits per heavy atom. The van der Waals surface area contributed by atoms with Crippen LogP contribution in [-0.4, -0.2) is 54.4 Å². The van der Waals surface area contributed by atoms with Gasteiger partial charge in [-0.3, -0.25) is 4.79 Å². The van der Waals surface area contributed by atoms with E-state index in [4.69, 9.17) is 15.2 Å². The van der Waals surface area contributed by atoms with Gasteiger partial charge in [0.15, 0.2) is 0 Å². The van der Waals surface area contributed by atoms with E-state index in [-0.39, 0.29) is 34.8 Å². The van der Waals surface area contributed by atoms with E-state index in [2.05, 4.69) is 15.3 Å². The molecule has 2 fully saturated rings. The number of benzene rings is 3. The molecule has 2 atom stereocenters. The zero-order chi connectivity index (χ0) is 34.1. The minimum Gasteiger partial charge on any atom is -0.465 e. The van der Waals surface area contributed by atoms with Crippen LogP contribution in [0.25, 0.3) is 22.3 Å². The first-order chi connectivity index (χ1) is 22.9. The fraction of sp³-hybridized carbons (Fsp3) is 0.378. The summed E-state index contributed by atoms with van der Waals surface area (Å²) in [4.78, 5) is 22.7. The van der Waals surface area contributed by atoms with Gasteiger partial charge in [-0.25, -0.2) is 0 Å². The van der Waals surface area contributed by atoms with E-state index in [1.807, 2.05) is 43.0 Å². The molecule has 2 aliphatic rings. The van der Waals surface area contributed by atoms with Crippen LogP contribution in [0.5, 0.6) is 5.88 Å². The molecule has 0 amide bonds. The van der Waals surface area contributed by atoms with Gasteiger partial charge in [0, 0.05) is 31.3 Å². The van der Waals surface area contributed by atoms with Gasteiger partial charge in [-0.2, -0.15) is 23.1 Å². The molecule has 0 unspecified atom stereocenters. The average molecular weight is 660 g/mol. The molecule has 11 heteroatoms. The summed E-state index contributed by atoms with van der Waals surface area (Å²) in [6.07, 6.45) is -4.87. The van der Waals surface area contributed by atoms with Crippen LogP contribution in [0.1, 0.15) is 49.0 Å². The van der Waals surface area contributed by atoms with Crippen LogP contribution in [-0.2, 0) is 9.53 Å². The molecule has 0 aliphatic carbocycles. The minimum absolute atomic E-state index is 0.0372. The second-order valence-corrected chi connectivity index (χ2v) is 12.8. The van der Waals surface area contributed by atoms with Crippen molar-refractivity contribution in [1.82, 2.24) is 15.3 Å². The Balaban J connectivity index is 1.28. The Hall–Kier alpha value is -4.64. The SMILES string of the molecule is CCOC(=O)[C@@H]1CC2(CCN(c3cc(O[C@H](c4ccc(-c5ccc(C)c(C)c5)cc4-c4ccccc4)C(F)(F)F)nc(N)n3)CC2)CN1. The lowest BCUT2D eigenvalue weighted by atomic mass is 9.76. The Kier molecular flexibility index (Phi) is 9.33. The van der Waals surface area contributed by atoms with Gasteiger partial charge in [0.2, 0.25) is 17.9 Å². The van der Waals surface area contributed by atoms with Crippen LogP contribution < -0.4 is 20.7 Å². The summed E-state index contributed by atoms with van der Waals surface area (Å²) in [7, 11) is 0. The Morgan fingerprint density at radius 2 is 1.69 bits per heavy atom. The van der Waals surface area contributed by atoms with Gasteiger partial charge in [-0.1, -0.05) is 60.7 Å². The molecule has 3 N–H and O–H groups in total. The van der Waals surface area contributed by atoms with E-state index >= 15 is 0 Å². The quantitative estimate of drug-likeness (QED) is 0.192. The number of carbonyl (C=O) groups excluding carboxylic acids is 1. The molecule has 0 saturated carbocycles. The summed E-state index contributed by atoms with van der Waals surface area (Å²) in [5, 5.41) is 3.29. The van der Waals surface area contributed by atoms with Gasteiger partial charge < -0.3 is 25.4 Å². The number of aryl methyl sites for hydroxylation is 2. The predicted octanol–water partition coefficient (Wildman–Crippen LogP) is 7.20. The number of nitrogens with zero attached hydrogens (tertiary/aromatic N) is 3. The molecule has 3 heterocycles. The summed E-state index contributed by atoms with van der Waals surface area (Å²) in [6, 6.07) is 21.1. The second-order valence-electron chi connectivity index (χ2n) is 12.8. The molecule has 2 saturated heterocycles. The number of esters is 1. The van der Waals surface area contributed by atoms with Gasteiger partial charge in [0.1, 0.15) is 11.9 Å². The van der Waals surface area contributed by atoms with Gasteiger partial charge in [-0.15, -0.1) is 0 Å². The van der Waals surface area contributed by atoms with Crippen LogP contribution in [0, 0.1) is 19.3 Å². The van der Waals surface area contributed by atoms with Crippen LogP contribution >= 0.6 is 0 Å². The van der Waals surface area contributed by atoms with Crippen LogP contribution in [0.15, 0.2) is 72.8 Å². The summed E-state index contributed by atoms with van der Waals surface area (Å²) in [5.41, 5.74) is 10.9. The topological polar surface area (TPSA) is 103 Å². The highest BCUT2D eigenvalue weighted by atomic mass is 19.4. The van der Waals surface area contributed by atoms with Crippen molar-refractivity contribution in [3.05, 3.63) is 89.5 Å².